The van der Waals surface area contributed by atoms with Crippen LogP contribution in [0.4, 0.5) is 21.7 Å². The molecule has 0 aliphatic carbocycles. The van der Waals surface area contributed by atoms with Crippen molar-refractivity contribution in [1.82, 2.24) is 24.8 Å². The minimum atomic E-state index is -0.534. The fourth-order valence-corrected chi connectivity index (χ4v) is 4.63. The highest BCUT2D eigenvalue weighted by atomic mass is 35.5. The first-order valence-corrected chi connectivity index (χ1v) is 11.9. The number of halogens is 2. The SMILES string of the molecule is Cc1c(/C=C2/C(=O)Nc3ncnc(Nc4ccc(F)c(Cl)c4)c32)[nH]c2c1C(=O)N(CCN(C)C)CC2. The molecule has 9 nitrogen and oxygen atoms in total. The van der Waals surface area contributed by atoms with Crippen molar-refractivity contribution in [3.63, 3.8) is 0 Å². The van der Waals surface area contributed by atoms with E-state index in [9.17, 15) is 14.0 Å². The van der Waals surface area contributed by atoms with Gasteiger partial charge in [0.25, 0.3) is 11.8 Å². The highest BCUT2D eigenvalue weighted by Crippen LogP contribution is 2.38. The number of carbonyl (C=O) groups excluding carboxylic acids is 2. The van der Waals surface area contributed by atoms with Gasteiger partial charge in [0.1, 0.15) is 23.8 Å². The molecule has 4 heterocycles. The maximum atomic E-state index is 13.6. The second-order valence-corrected chi connectivity index (χ2v) is 9.48. The first-order chi connectivity index (χ1) is 17.2. The van der Waals surface area contributed by atoms with E-state index in [0.717, 1.165) is 17.8 Å². The number of H-pyrrole nitrogens is 1. The molecule has 5 rings (SSSR count). The van der Waals surface area contributed by atoms with Crippen LogP contribution in [0.2, 0.25) is 5.02 Å². The van der Waals surface area contributed by atoms with Crippen molar-refractivity contribution in [3.8, 4) is 0 Å². The summed E-state index contributed by atoms with van der Waals surface area (Å²) in [5, 5.41) is 5.82. The molecule has 0 spiro atoms. The van der Waals surface area contributed by atoms with Crippen LogP contribution in [-0.2, 0) is 11.2 Å². The Hall–Kier alpha value is -3.76. The van der Waals surface area contributed by atoms with Crippen LogP contribution in [0.5, 0.6) is 0 Å². The van der Waals surface area contributed by atoms with Crippen molar-refractivity contribution >= 4 is 52.4 Å². The quantitative estimate of drug-likeness (QED) is 0.437. The van der Waals surface area contributed by atoms with Gasteiger partial charge in [-0.3, -0.25) is 9.59 Å². The van der Waals surface area contributed by atoms with Crippen molar-refractivity contribution in [3.05, 3.63) is 63.4 Å². The van der Waals surface area contributed by atoms with E-state index in [-0.39, 0.29) is 16.8 Å². The lowest BCUT2D eigenvalue weighted by Gasteiger charge is -2.28. The summed E-state index contributed by atoms with van der Waals surface area (Å²) in [7, 11) is 3.96. The summed E-state index contributed by atoms with van der Waals surface area (Å²) in [6.07, 6.45) is 3.76. The number of nitrogens with one attached hydrogen (secondary N) is 3. The van der Waals surface area contributed by atoms with E-state index in [1.54, 1.807) is 6.08 Å². The number of amides is 2. The number of likely N-dealkylation sites (N-methyl/N-ethyl adjacent to an activating group) is 1. The maximum Gasteiger partial charge on any atom is 0.257 e. The van der Waals surface area contributed by atoms with Gasteiger partial charge in [0, 0.05) is 43.1 Å². The van der Waals surface area contributed by atoms with Crippen LogP contribution in [-0.4, -0.2) is 70.3 Å². The van der Waals surface area contributed by atoms with Gasteiger partial charge in [-0.25, -0.2) is 14.4 Å². The van der Waals surface area contributed by atoms with Crippen molar-refractivity contribution < 1.29 is 14.0 Å². The predicted octanol–water partition coefficient (Wildman–Crippen LogP) is 3.70. The second-order valence-electron chi connectivity index (χ2n) is 9.07. The fourth-order valence-electron chi connectivity index (χ4n) is 4.45. The smallest absolute Gasteiger partial charge is 0.257 e. The normalized spacial score (nSPS) is 15.9. The van der Waals surface area contributed by atoms with Crippen molar-refractivity contribution in [2.45, 2.75) is 13.3 Å². The fraction of sp³-hybridized carbons (Fsp3) is 0.280. The van der Waals surface area contributed by atoms with E-state index >= 15 is 0 Å². The topological polar surface area (TPSA) is 106 Å². The summed E-state index contributed by atoms with van der Waals surface area (Å²) in [5.41, 5.74) is 4.34. The number of anilines is 3. The summed E-state index contributed by atoms with van der Waals surface area (Å²) >= 11 is 5.92. The minimum Gasteiger partial charge on any atom is -0.358 e. The van der Waals surface area contributed by atoms with Gasteiger partial charge < -0.3 is 25.4 Å². The number of rotatable bonds is 6. The third-order valence-electron chi connectivity index (χ3n) is 6.38. The number of hydrogen-bond acceptors (Lipinski definition) is 6. The van der Waals surface area contributed by atoms with Gasteiger partial charge >= 0.3 is 0 Å². The Labute approximate surface area is 212 Å². The molecule has 0 radical (unpaired) electrons. The molecule has 11 heteroatoms. The summed E-state index contributed by atoms with van der Waals surface area (Å²) in [5.74, 6) is -0.152. The van der Waals surface area contributed by atoms with E-state index < -0.39 is 5.82 Å². The Morgan fingerprint density at radius 1 is 1.25 bits per heavy atom. The van der Waals surface area contributed by atoms with Crippen LogP contribution < -0.4 is 10.6 Å². The maximum absolute atomic E-state index is 13.6. The molecule has 186 valence electrons. The summed E-state index contributed by atoms with van der Waals surface area (Å²) in [4.78, 5) is 41.9. The third-order valence-corrected chi connectivity index (χ3v) is 6.67. The molecule has 3 aromatic rings. The van der Waals surface area contributed by atoms with Crippen LogP contribution in [0.25, 0.3) is 11.6 Å². The molecule has 3 N–H and O–H groups in total. The average Bonchev–Trinajstić information content (AvgIpc) is 3.33. The second kappa shape index (κ2) is 9.36. The molecule has 1 aromatic carbocycles. The number of aromatic amines is 1. The van der Waals surface area contributed by atoms with Gasteiger partial charge in [0.2, 0.25) is 0 Å². The van der Waals surface area contributed by atoms with Gasteiger partial charge in [0.15, 0.2) is 0 Å². The molecule has 0 unspecified atom stereocenters. The molecule has 2 aliphatic heterocycles. The average molecular weight is 510 g/mol. The number of benzene rings is 1. The molecular formula is C25H25ClFN7O2. The van der Waals surface area contributed by atoms with Crippen LogP contribution in [0.15, 0.2) is 24.5 Å². The molecule has 2 aromatic heterocycles. The van der Waals surface area contributed by atoms with Gasteiger partial charge in [-0.15, -0.1) is 0 Å². The molecule has 0 fully saturated rings. The Morgan fingerprint density at radius 2 is 2.06 bits per heavy atom. The molecule has 0 saturated carbocycles. The summed E-state index contributed by atoms with van der Waals surface area (Å²) < 4.78 is 13.6. The lowest BCUT2D eigenvalue weighted by molar-refractivity contribution is -0.110. The summed E-state index contributed by atoms with van der Waals surface area (Å²) in [6.45, 7) is 3.96. The Kier molecular flexibility index (Phi) is 6.23. The van der Waals surface area contributed by atoms with E-state index in [1.807, 2.05) is 30.8 Å². The first-order valence-electron chi connectivity index (χ1n) is 11.5. The number of hydrogen-bond donors (Lipinski definition) is 3. The first kappa shape index (κ1) is 24.0. The van der Waals surface area contributed by atoms with Crippen LogP contribution in [0, 0.1) is 12.7 Å². The Morgan fingerprint density at radius 3 is 2.81 bits per heavy atom. The van der Waals surface area contributed by atoms with E-state index in [4.69, 9.17) is 11.6 Å². The van der Waals surface area contributed by atoms with E-state index in [2.05, 4.69) is 25.6 Å². The van der Waals surface area contributed by atoms with Gasteiger partial charge in [0.05, 0.1) is 21.7 Å². The molecule has 2 aliphatic rings. The van der Waals surface area contributed by atoms with Gasteiger partial charge in [-0.1, -0.05) is 11.6 Å². The Bertz CT molecular complexity index is 1420. The molecule has 36 heavy (non-hydrogen) atoms. The zero-order valence-electron chi connectivity index (χ0n) is 20.1. The minimum absolute atomic E-state index is 0.00773. The molecule has 2 amide bonds. The highest BCUT2D eigenvalue weighted by molar-refractivity contribution is 6.35. The lowest BCUT2D eigenvalue weighted by Crippen LogP contribution is -2.41. The van der Waals surface area contributed by atoms with E-state index in [0.29, 0.717) is 59.2 Å². The van der Waals surface area contributed by atoms with Crippen molar-refractivity contribution in [2.75, 3.05) is 44.4 Å². The monoisotopic (exact) mass is 509 g/mol. The number of carbonyl (C=O) groups is 2. The van der Waals surface area contributed by atoms with E-state index in [1.165, 1.54) is 24.5 Å². The largest absolute Gasteiger partial charge is 0.358 e. The van der Waals surface area contributed by atoms with Crippen molar-refractivity contribution in [2.24, 2.45) is 0 Å². The molecule has 0 atom stereocenters. The van der Waals surface area contributed by atoms with Crippen LogP contribution in [0.3, 0.4) is 0 Å². The highest BCUT2D eigenvalue weighted by Gasteiger charge is 2.32. The van der Waals surface area contributed by atoms with Crippen LogP contribution >= 0.6 is 11.6 Å². The summed E-state index contributed by atoms with van der Waals surface area (Å²) in [6, 6.07) is 4.22. The number of fused-ring (bicyclic) bond motifs is 2. The van der Waals surface area contributed by atoms with Gasteiger partial charge in [-0.2, -0.15) is 0 Å². The number of aromatic nitrogens is 3. The standard InChI is InChI=1S/C25H25ClFN7O2/c1-13-19(31-18-6-7-34(9-8-33(2)3)25(36)20(13)18)11-15-21-22(28-12-29-23(21)32-24(15)35)30-14-4-5-17(27)16(26)10-14/h4-5,10-12,31H,6-9H2,1-3H3,(H2,28,29,30,32,35)/b15-11+. The third kappa shape index (κ3) is 4.33. The lowest BCUT2D eigenvalue weighted by atomic mass is 10.0. The van der Waals surface area contributed by atoms with Gasteiger partial charge in [-0.05, 0) is 50.9 Å². The van der Waals surface area contributed by atoms with Crippen LogP contribution in [0.1, 0.15) is 32.9 Å². The Balaban J connectivity index is 1.50. The zero-order valence-corrected chi connectivity index (χ0v) is 20.8. The van der Waals surface area contributed by atoms with Crippen molar-refractivity contribution in [1.29, 1.82) is 0 Å². The predicted molar refractivity (Wildman–Crippen MR) is 137 cm³/mol. The molecular weight excluding hydrogens is 485 g/mol. The molecule has 0 saturated heterocycles. The zero-order chi connectivity index (χ0) is 25.6. The number of nitrogens with zero attached hydrogens (tertiary/aromatic N) is 4. The molecule has 0 bridgehead atoms.